The summed E-state index contributed by atoms with van der Waals surface area (Å²) in [6, 6.07) is 7.42. The Labute approximate surface area is 151 Å². The molecule has 1 atom stereocenters. The van der Waals surface area contributed by atoms with Gasteiger partial charge in [-0.2, -0.15) is 0 Å². The number of hydrogen-bond donors (Lipinski definition) is 3. The molecule has 0 radical (unpaired) electrons. The summed E-state index contributed by atoms with van der Waals surface area (Å²) in [6.45, 7) is 0.253. The quantitative estimate of drug-likeness (QED) is 0.676. The minimum Gasteiger partial charge on any atom is -0.490 e. The number of carbonyl (C=O) groups excluding carboxylic acids is 1. The number of nitrogens with two attached hydrogens (primary N) is 1. The highest BCUT2D eigenvalue weighted by atomic mass is 79.9. The fourth-order valence-electron chi connectivity index (χ4n) is 2.60. The van der Waals surface area contributed by atoms with Crippen LogP contribution < -0.4 is 15.8 Å². The van der Waals surface area contributed by atoms with Crippen molar-refractivity contribution in [3.8, 4) is 5.75 Å². The van der Waals surface area contributed by atoms with E-state index in [0.29, 0.717) is 18.6 Å². The fraction of sp³-hybridized carbons (Fsp3) is 0.562. The van der Waals surface area contributed by atoms with Crippen molar-refractivity contribution in [2.75, 3.05) is 13.2 Å². The molecule has 5 nitrogen and oxygen atoms in total. The number of ether oxygens (including phenoxy) is 1. The Morgan fingerprint density at radius 1 is 1.35 bits per heavy atom. The first-order valence-corrected chi connectivity index (χ1v) is 8.43. The van der Waals surface area contributed by atoms with Crippen LogP contribution in [0.5, 0.6) is 5.75 Å². The topological polar surface area (TPSA) is 84.6 Å². The lowest BCUT2D eigenvalue weighted by Crippen LogP contribution is -2.56. The van der Waals surface area contributed by atoms with Crippen LogP contribution in [0.4, 0.5) is 0 Å². The average Bonchev–Trinajstić information content (AvgIpc) is 2.52. The van der Waals surface area contributed by atoms with Crippen LogP contribution in [0.1, 0.15) is 32.1 Å². The first kappa shape index (κ1) is 20.2. The van der Waals surface area contributed by atoms with E-state index < -0.39 is 11.6 Å². The van der Waals surface area contributed by atoms with Crippen LogP contribution in [0.15, 0.2) is 28.7 Å². The Balaban J connectivity index is 0.00000264. The molecule has 2 rings (SSSR count). The molecule has 1 unspecified atom stereocenters. The summed E-state index contributed by atoms with van der Waals surface area (Å²) >= 11 is 3.37. The second kappa shape index (κ2) is 9.47. The lowest BCUT2D eigenvalue weighted by Gasteiger charge is -2.32. The largest absolute Gasteiger partial charge is 0.490 e. The van der Waals surface area contributed by atoms with Crippen molar-refractivity contribution in [3.63, 3.8) is 0 Å². The number of halogens is 2. The molecule has 4 N–H and O–H groups in total. The summed E-state index contributed by atoms with van der Waals surface area (Å²) in [5, 5.41) is 12.7. The van der Waals surface area contributed by atoms with Crippen molar-refractivity contribution in [3.05, 3.63) is 28.7 Å². The summed E-state index contributed by atoms with van der Waals surface area (Å²) in [5.74, 6) is 0.489. The number of aliphatic hydroxyl groups excluding tert-OH is 1. The van der Waals surface area contributed by atoms with E-state index in [-0.39, 0.29) is 31.5 Å². The third-order valence-corrected chi connectivity index (χ3v) is 4.62. The molecule has 0 saturated heterocycles. The summed E-state index contributed by atoms with van der Waals surface area (Å²) in [7, 11) is 0. The molecule has 1 fully saturated rings. The van der Waals surface area contributed by atoms with E-state index in [9.17, 15) is 9.90 Å². The van der Waals surface area contributed by atoms with Crippen molar-refractivity contribution in [2.24, 2.45) is 5.73 Å². The predicted molar refractivity (Wildman–Crippen MR) is 95.9 cm³/mol. The van der Waals surface area contributed by atoms with Gasteiger partial charge in [-0.25, -0.2) is 0 Å². The minimum absolute atomic E-state index is 0. The Morgan fingerprint density at radius 2 is 2.00 bits per heavy atom. The summed E-state index contributed by atoms with van der Waals surface area (Å²) in [5.41, 5.74) is 5.37. The fourth-order valence-corrected chi connectivity index (χ4v) is 3.00. The molecule has 0 aliphatic heterocycles. The third-order valence-electron chi connectivity index (χ3n) is 3.96. The molecule has 23 heavy (non-hydrogen) atoms. The van der Waals surface area contributed by atoms with Crippen LogP contribution in [0.2, 0.25) is 0 Å². The summed E-state index contributed by atoms with van der Waals surface area (Å²) in [4.78, 5) is 12.2. The van der Waals surface area contributed by atoms with E-state index in [4.69, 9.17) is 10.5 Å². The van der Waals surface area contributed by atoms with Gasteiger partial charge < -0.3 is 20.9 Å². The number of aliphatic hydroxyl groups is 1. The molecule has 0 spiro atoms. The number of para-hydroxylation sites is 1. The van der Waals surface area contributed by atoms with Crippen LogP contribution in [-0.2, 0) is 4.79 Å². The van der Waals surface area contributed by atoms with E-state index in [1.165, 1.54) is 0 Å². The second-order valence-corrected chi connectivity index (χ2v) is 6.68. The van der Waals surface area contributed by atoms with E-state index >= 15 is 0 Å². The minimum atomic E-state index is -0.777. The van der Waals surface area contributed by atoms with Crippen LogP contribution in [0, 0.1) is 0 Å². The van der Waals surface area contributed by atoms with E-state index in [2.05, 4.69) is 21.2 Å². The third kappa shape index (κ3) is 5.95. The van der Waals surface area contributed by atoms with Gasteiger partial charge >= 0.3 is 0 Å². The molecule has 0 aromatic heterocycles. The standard InChI is InChI=1S/C16H23BrN2O3.ClH/c17-13-6-2-3-7-14(13)22-11-12(20)10-19-15(21)16(18)8-4-1-5-9-16;/h2-3,6-7,12,20H,1,4-5,8-11,18H2,(H,19,21);1H. The van der Waals surface area contributed by atoms with Crippen molar-refractivity contribution < 1.29 is 14.6 Å². The number of rotatable bonds is 6. The molecule has 0 bridgehead atoms. The van der Waals surface area contributed by atoms with Gasteiger partial charge in [0.1, 0.15) is 18.5 Å². The smallest absolute Gasteiger partial charge is 0.240 e. The monoisotopic (exact) mass is 406 g/mol. The first-order chi connectivity index (χ1) is 10.5. The predicted octanol–water partition coefficient (Wildman–Crippen LogP) is 2.39. The lowest BCUT2D eigenvalue weighted by atomic mass is 9.82. The van der Waals surface area contributed by atoms with Crippen LogP contribution in [0.3, 0.4) is 0 Å². The van der Waals surface area contributed by atoms with Crippen molar-refractivity contribution in [2.45, 2.75) is 43.7 Å². The molecular weight excluding hydrogens is 384 g/mol. The van der Waals surface area contributed by atoms with Crippen LogP contribution >= 0.6 is 28.3 Å². The molecule has 0 heterocycles. The van der Waals surface area contributed by atoms with Crippen molar-refractivity contribution >= 4 is 34.2 Å². The van der Waals surface area contributed by atoms with E-state index in [0.717, 1.165) is 23.7 Å². The molecule has 1 aliphatic rings. The van der Waals surface area contributed by atoms with Gasteiger partial charge in [-0.15, -0.1) is 12.4 Å². The molecule has 1 aliphatic carbocycles. The second-order valence-electron chi connectivity index (χ2n) is 5.82. The normalized spacial score (nSPS) is 17.7. The SMILES string of the molecule is Cl.NC1(C(=O)NCC(O)COc2ccccc2Br)CCCCC1. The maximum Gasteiger partial charge on any atom is 0.240 e. The Hall–Kier alpha value is -0.820. The van der Waals surface area contributed by atoms with Gasteiger partial charge in [0, 0.05) is 6.54 Å². The zero-order chi connectivity index (χ0) is 16.0. The molecular formula is C16H24BrClN2O3. The zero-order valence-electron chi connectivity index (χ0n) is 13.0. The van der Waals surface area contributed by atoms with Gasteiger partial charge in [-0.1, -0.05) is 31.4 Å². The van der Waals surface area contributed by atoms with Gasteiger partial charge in [-0.05, 0) is 40.9 Å². The lowest BCUT2D eigenvalue weighted by molar-refractivity contribution is -0.128. The highest BCUT2D eigenvalue weighted by Crippen LogP contribution is 2.26. The zero-order valence-corrected chi connectivity index (χ0v) is 15.4. The van der Waals surface area contributed by atoms with Crippen LogP contribution in [0.25, 0.3) is 0 Å². The van der Waals surface area contributed by atoms with Gasteiger partial charge in [0.25, 0.3) is 0 Å². The molecule has 1 aromatic rings. The highest BCUT2D eigenvalue weighted by Gasteiger charge is 2.35. The summed E-state index contributed by atoms with van der Waals surface area (Å²) in [6.07, 6.45) is 3.75. The maximum absolute atomic E-state index is 12.2. The van der Waals surface area contributed by atoms with Gasteiger partial charge in [0.15, 0.2) is 0 Å². The summed E-state index contributed by atoms with van der Waals surface area (Å²) < 4.78 is 6.35. The van der Waals surface area contributed by atoms with E-state index in [1.54, 1.807) is 0 Å². The molecule has 1 amide bonds. The molecule has 130 valence electrons. The van der Waals surface area contributed by atoms with Gasteiger partial charge in [0.2, 0.25) is 5.91 Å². The number of amides is 1. The number of benzene rings is 1. The van der Waals surface area contributed by atoms with Crippen molar-refractivity contribution in [1.29, 1.82) is 0 Å². The van der Waals surface area contributed by atoms with Gasteiger partial charge in [-0.3, -0.25) is 4.79 Å². The van der Waals surface area contributed by atoms with Crippen molar-refractivity contribution in [1.82, 2.24) is 5.32 Å². The van der Waals surface area contributed by atoms with Gasteiger partial charge in [0.05, 0.1) is 10.0 Å². The molecule has 1 aromatic carbocycles. The number of carbonyl (C=O) groups is 1. The average molecular weight is 408 g/mol. The number of hydrogen-bond acceptors (Lipinski definition) is 4. The Morgan fingerprint density at radius 3 is 2.65 bits per heavy atom. The maximum atomic E-state index is 12.2. The number of nitrogens with one attached hydrogen (secondary N) is 1. The van der Waals surface area contributed by atoms with Crippen LogP contribution in [-0.4, -0.2) is 35.8 Å². The highest BCUT2D eigenvalue weighted by molar-refractivity contribution is 9.10. The van der Waals surface area contributed by atoms with E-state index in [1.807, 2.05) is 24.3 Å². The molecule has 1 saturated carbocycles. The first-order valence-electron chi connectivity index (χ1n) is 7.64. The Bertz CT molecular complexity index is 510. The Kier molecular flexibility index (Phi) is 8.33. The molecule has 7 heteroatoms.